The molecule has 0 bridgehead atoms. The van der Waals surface area contributed by atoms with Gasteiger partial charge in [0.15, 0.2) is 0 Å². The van der Waals surface area contributed by atoms with Crippen LogP contribution in [-0.2, 0) is 5.60 Å². The monoisotopic (exact) mass is 273 g/mol. The van der Waals surface area contributed by atoms with E-state index in [-0.39, 0.29) is 0 Å². The Bertz CT molecular complexity index is 552. The summed E-state index contributed by atoms with van der Waals surface area (Å²) in [6.07, 6.45) is 0. The average Bonchev–Trinajstić information content (AvgIpc) is 2.41. The fourth-order valence-corrected chi connectivity index (χ4v) is 2.97. The van der Waals surface area contributed by atoms with E-state index in [9.17, 15) is 5.11 Å². The first-order valence-electron chi connectivity index (χ1n) is 6.26. The van der Waals surface area contributed by atoms with Gasteiger partial charge in [-0.1, -0.05) is 36.4 Å². The van der Waals surface area contributed by atoms with Crippen LogP contribution in [0.5, 0.6) is 0 Å². The molecule has 0 aliphatic heterocycles. The fraction of sp³-hybridized carbons (Fsp3) is 0.250. The van der Waals surface area contributed by atoms with Gasteiger partial charge >= 0.3 is 0 Å². The molecule has 0 spiro atoms. The zero-order chi connectivity index (χ0) is 13.9. The van der Waals surface area contributed by atoms with Crippen LogP contribution < -0.4 is 5.73 Å². The highest BCUT2D eigenvalue weighted by Crippen LogP contribution is 2.32. The van der Waals surface area contributed by atoms with Crippen molar-refractivity contribution >= 4 is 17.4 Å². The minimum Gasteiger partial charge on any atom is -0.398 e. The van der Waals surface area contributed by atoms with Crippen molar-refractivity contribution in [1.82, 2.24) is 0 Å². The molecular formula is C16H19NOS. The summed E-state index contributed by atoms with van der Waals surface area (Å²) in [6, 6.07) is 15.7. The minimum absolute atomic E-state index is 0.574. The van der Waals surface area contributed by atoms with Gasteiger partial charge in [0, 0.05) is 16.3 Å². The summed E-state index contributed by atoms with van der Waals surface area (Å²) in [5, 5.41) is 10.5. The van der Waals surface area contributed by atoms with E-state index in [1.54, 1.807) is 11.8 Å². The number of anilines is 1. The summed E-state index contributed by atoms with van der Waals surface area (Å²) >= 11 is 1.59. The first-order chi connectivity index (χ1) is 8.99. The van der Waals surface area contributed by atoms with Gasteiger partial charge in [-0.3, -0.25) is 0 Å². The topological polar surface area (TPSA) is 46.2 Å². The summed E-state index contributed by atoms with van der Waals surface area (Å²) < 4.78 is 0. The first-order valence-corrected chi connectivity index (χ1v) is 7.24. The van der Waals surface area contributed by atoms with Crippen LogP contribution >= 0.6 is 11.8 Å². The number of hydrogen-bond donors (Lipinski definition) is 2. The van der Waals surface area contributed by atoms with Crippen molar-refractivity contribution in [3.63, 3.8) is 0 Å². The second-order valence-electron chi connectivity index (χ2n) is 4.97. The predicted octanol–water partition coefficient (Wildman–Crippen LogP) is 3.58. The van der Waals surface area contributed by atoms with E-state index in [4.69, 9.17) is 5.73 Å². The van der Waals surface area contributed by atoms with Gasteiger partial charge in [-0.25, -0.2) is 0 Å². The van der Waals surface area contributed by atoms with E-state index in [2.05, 4.69) is 6.07 Å². The molecule has 100 valence electrons. The zero-order valence-electron chi connectivity index (χ0n) is 11.3. The summed E-state index contributed by atoms with van der Waals surface area (Å²) in [4.78, 5) is 1.02. The molecule has 0 saturated carbocycles. The summed E-state index contributed by atoms with van der Waals surface area (Å²) in [7, 11) is 0. The third-order valence-electron chi connectivity index (χ3n) is 3.07. The van der Waals surface area contributed by atoms with Gasteiger partial charge < -0.3 is 10.8 Å². The van der Waals surface area contributed by atoms with Crippen molar-refractivity contribution in [1.29, 1.82) is 0 Å². The summed E-state index contributed by atoms with van der Waals surface area (Å²) in [6.45, 7) is 3.88. The Labute approximate surface area is 118 Å². The molecule has 2 nitrogen and oxygen atoms in total. The van der Waals surface area contributed by atoms with E-state index >= 15 is 0 Å². The Morgan fingerprint density at radius 3 is 2.53 bits per heavy atom. The molecule has 1 unspecified atom stereocenters. The molecule has 0 fully saturated rings. The number of hydrogen-bond acceptors (Lipinski definition) is 3. The van der Waals surface area contributed by atoms with Crippen LogP contribution in [0, 0.1) is 6.92 Å². The molecule has 0 aliphatic carbocycles. The number of nitrogens with two attached hydrogens (primary N) is 1. The second kappa shape index (κ2) is 5.68. The zero-order valence-corrected chi connectivity index (χ0v) is 12.1. The Morgan fingerprint density at radius 2 is 1.84 bits per heavy atom. The molecule has 2 rings (SSSR count). The minimum atomic E-state index is -0.859. The molecule has 2 aromatic rings. The van der Waals surface area contributed by atoms with Crippen LogP contribution in [0.15, 0.2) is 53.4 Å². The van der Waals surface area contributed by atoms with Crippen LogP contribution in [0.1, 0.15) is 18.1 Å². The summed E-state index contributed by atoms with van der Waals surface area (Å²) in [5.41, 5.74) is 7.96. The molecule has 2 aromatic carbocycles. The molecule has 1 atom stereocenters. The van der Waals surface area contributed by atoms with Crippen molar-refractivity contribution in [2.75, 3.05) is 11.5 Å². The highest BCUT2D eigenvalue weighted by atomic mass is 32.2. The van der Waals surface area contributed by atoms with Crippen LogP contribution in [0.3, 0.4) is 0 Å². The maximum absolute atomic E-state index is 10.5. The number of rotatable bonds is 4. The molecule has 0 amide bonds. The van der Waals surface area contributed by atoms with Crippen LogP contribution in [0.4, 0.5) is 5.69 Å². The third kappa shape index (κ3) is 3.52. The van der Waals surface area contributed by atoms with E-state index in [1.807, 2.05) is 56.3 Å². The van der Waals surface area contributed by atoms with Crippen molar-refractivity contribution < 1.29 is 5.11 Å². The lowest BCUT2D eigenvalue weighted by Crippen LogP contribution is -2.24. The van der Waals surface area contributed by atoms with E-state index in [0.29, 0.717) is 5.75 Å². The van der Waals surface area contributed by atoms with Crippen molar-refractivity contribution in [3.05, 3.63) is 59.7 Å². The first kappa shape index (κ1) is 14.0. The molecule has 0 aliphatic rings. The molecule has 3 N–H and O–H groups in total. The Kier molecular flexibility index (Phi) is 4.17. The smallest absolute Gasteiger partial charge is 0.0962 e. The summed E-state index contributed by atoms with van der Waals surface area (Å²) in [5.74, 6) is 0.574. The van der Waals surface area contributed by atoms with Gasteiger partial charge in [-0.15, -0.1) is 11.8 Å². The van der Waals surface area contributed by atoms with Gasteiger partial charge in [-0.05, 0) is 37.1 Å². The van der Waals surface area contributed by atoms with Gasteiger partial charge in [0.25, 0.3) is 0 Å². The van der Waals surface area contributed by atoms with Gasteiger partial charge in [-0.2, -0.15) is 0 Å². The van der Waals surface area contributed by atoms with Gasteiger partial charge in [0.1, 0.15) is 0 Å². The lowest BCUT2D eigenvalue weighted by molar-refractivity contribution is 0.0839. The normalized spacial score (nSPS) is 14.1. The van der Waals surface area contributed by atoms with Crippen LogP contribution in [-0.4, -0.2) is 10.9 Å². The van der Waals surface area contributed by atoms with Crippen molar-refractivity contribution in [3.8, 4) is 0 Å². The highest BCUT2D eigenvalue weighted by molar-refractivity contribution is 7.99. The quantitative estimate of drug-likeness (QED) is 0.661. The number of benzene rings is 2. The van der Waals surface area contributed by atoms with E-state index in [1.165, 1.54) is 5.56 Å². The number of thioether (sulfide) groups is 1. The van der Waals surface area contributed by atoms with Crippen LogP contribution in [0.2, 0.25) is 0 Å². The van der Waals surface area contributed by atoms with Crippen molar-refractivity contribution in [2.45, 2.75) is 24.3 Å². The Morgan fingerprint density at radius 1 is 1.16 bits per heavy atom. The molecule has 0 aromatic heterocycles. The largest absolute Gasteiger partial charge is 0.398 e. The number of aliphatic hydroxyl groups is 1. The van der Waals surface area contributed by atoms with Gasteiger partial charge in [0.2, 0.25) is 0 Å². The fourth-order valence-electron chi connectivity index (χ4n) is 1.87. The molecule has 0 saturated heterocycles. The van der Waals surface area contributed by atoms with Crippen molar-refractivity contribution in [2.24, 2.45) is 0 Å². The molecule has 0 radical (unpaired) electrons. The SMILES string of the molecule is Cc1ccc(N)c(SCC(C)(O)c2ccccc2)c1. The molecular weight excluding hydrogens is 254 g/mol. The molecule has 0 heterocycles. The van der Waals surface area contributed by atoms with E-state index < -0.39 is 5.60 Å². The lowest BCUT2D eigenvalue weighted by Gasteiger charge is -2.23. The van der Waals surface area contributed by atoms with Crippen LogP contribution in [0.25, 0.3) is 0 Å². The maximum atomic E-state index is 10.5. The Hall–Kier alpha value is -1.45. The Balaban J connectivity index is 2.12. The number of nitrogen functional groups attached to an aromatic ring is 1. The average molecular weight is 273 g/mol. The number of aryl methyl sites for hydroxylation is 1. The second-order valence-corrected chi connectivity index (χ2v) is 5.99. The third-order valence-corrected chi connectivity index (χ3v) is 4.44. The predicted molar refractivity (Wildman–Crippen MR) is 82.3 cm³/mol. The van der Waals surface area contributed by atoms with E-state index in [0.717, 1.165) is 16.1 Å². The lowest BCUT2D eigenvalue weighted by atomic mass is 9.99. The molecule has 19 heavy (non-hydrogen) atoms. The van der Waals surface area contributed by atoms with Gasteiger partial charge in [0.05, 0.1) is 5.60 Å². The highest BCUT2D eigenvalue weighted by Gasteiger charge is 2.23. The molecule has 3 heteroatoms. The maximum Gasteiger partial charge on any atom is 0.0962 e. The standard InChI is InChI=1S/C16H19NOS/c1-12-8-9-14(17)15(10-12)19-11-16(2,18)13-6-4-3-5-7-13/h3-10,18H,11,17H2,1-2H3.